The normalized spacial score (nSPS) is 38.5. The monoisotopic (exact) mass is 435 g/mol. The van der Waals surface area contributed by atoms with E-state index in [-0.39, 0.29) is 18.2 Å². The molecule has 12 nitrogen and oxygen atoms in total. The molecule has 4 heterocycles. The van der Waals surface area contributed by atoms with E-state index in [4.69, 9.17) is 9.47 Å². The zero-order chi connectivity index (χ0) is 21.7. The van der Waals surface area contributed by atoms with E-state index in [0.29, 0.717) is 17.0 Å². The Balaban J connectivity index is 1.37. The van der Waals surface area contributed by atoms with Gasteiger partial charge in [0.05, 0.1) is 18.5 Å². The van der Waals surface area contributed by atoms with Crippen molar-refractivity contribution < 1.29 is 24.8 Å². The Labute approximate surface area is 179 Å². The lowest BCUT2D eigenvalue weighted by atomic mass is 10.1. The van der Waals surface area contributed by atoms with Gasteiger partial charge in [-0.1, -0.05) is 13.8 Å². The molecule has 2 saturated heterocycles. The van der Waals surface area contributed by atoms with Gasteiger partial charge in [-0.3, -0.25) is 4.57 Å². The number of aliphatic hydroxyl groups is 3. The van der Waals surface area contributed by atoms with Gasteiger partial charge in [-0.25, -0.2) is 25.8 Å². The molecule has 0 bridgehead atoms. The van der Waals surface area contributed by atoms with Crippen LogP contribution in [0.2, 0.25) is 0 Å². The Kier molecular flexibility index (Phi) is 5.54. The lowest BCUT2D eigenvalue weighted by Crippen LogP contribution is -2.46. The Morgan fingerprint density at radius 2 is 1.94 bits per heavy atom. The predicted molar refractivity (Wildman–Crippen MR) is 108 cm³/mol. The van der Waals surface area contributed by atoms with Crippen molar-refractivity contribution >= 4 is 17.0 Å². The Bertz CT molecular complexity index is 926. The van der Waals surface area contributed by atoms with E-state index in [0.717, 1.165) is 19.3 Å². The number of anilines is 1. The number of imidazole rings is 1. The van der Waals surface area contributed by atoms with Crippen LogP contribution >= 0.6 is 0 Å². The third kappa shape index (κ3) is 3.67. The van der Waals surface area contributed by atoms with Crippen LogP contribution in [-0.4, -0.2) is 77.8 Å². The van der Waals surface area contributed by atoms with Crippen molar-refractivity contribution in [2.75, 3.05) is 5.32 Å². The maximum absolute atomic E-state index is 10.7. The highest BCUT2D eigenvalue weighted by Gasteiger charge is 2.50. The predicted octanol–water partition coefficient (Wildman–Crippen LogP) is -0.797. The summed E-state index contributed by atoms with van der Waals surface area (Å²) in [4.78, 5) is 13.0. The number of hydrogen-bond acceptors (Lipinski definition) is 11. The van der Waals surface area contributed by atoms with E-state index in [9.17, 15) is 15.3 Å². The summed E-state index contributed by atoms with van der Waals surface area (Å²) in [6.45, 7) is 4.03. The van der Waals surface area contributed by atoms with Crippen LogP contribution in [0.1, 0.15) is 39.3 Å². The fourth-order valence-electron chi connectivity index (χ4n) is 4.47. The summed E-state index contributed by atoms with van der Waals surface area (Å²) < 4.78 is 13.5. The van der Waals surface area contributed by atoms with E-state index in [1.165, 1.54) is 12.7 Å². The van der Waals surface area contributed by atoms with Crippen molar-refractivity contribution in [3.8, 4) is 0 Å². The molecule has 6 N–H and O–H groups in total. The summed E-state index contributed by atoms with van der Waals surface area (Å²) in [7, 11) is 0. The average molecular weight is 435 g/mol. The molecule has 12 heteroatoms. The first kappa shape index (κ1) is 20.9. The van der Waals surface area contributed by atoms with Crippen LogP contribution in [0.5, 0.6) is 0 Å². The van der Waals surface area contributed by atoms with Crippen LogP contribution in [0.4, 0.5) is 5.82 Å². The van der Waals surface area contributed by atoms with Gasteiger partial charge < -0.3 is 30.1 Å². The number of fused-ring (bicyclic) bond motifs is 1. The zero-order valence-electron chi connectivity index (χ0n) is 17.4. The number of ether oxygens (including phenoxy) is 2. The molecule has 0 aromatic carbocycles. The minimum Gasteiger partial charge on any atom is -0.391 e. The zero-order valence-corrected chi connectivity index (χ0v) is 17.4. The van der Waals surface area contributed by atoms with Gasteiger partial charge >= 0.3 is 0 Å². The first-order valence-corrected chi connectivity index (χ1v) is 10.7. The molecule has 2 aromatic heterocycles. The van der Waals surface area contributed by atoms with Gasteiger partial charge in [0.2, 0.25) is 0 Å². The molecule has 1 saturated carbocycles. The molecular weight excluding hydrogens is 406 g/mol. The van der Waals surface area contributed by atoms with E-state index in [1.54, 1.807) is 4.57 Å². The van der Waals surface area contributed by atoms with Crippen LogP contribution in [0.3, 0.4) is 0 Å². The van der Waals surface area contributed by atoms with Crippen LogP contribution < -0.4 is 16.2 Å². The number of hydrogen-bond donors (Lipinski definition) is 6. The largest absolute Gasteiger partial charge is 0.391 e. The smallest absolute Gasteiger partial charge is 0.167 e. The van der Waals surface area contributed by atoms with Crippen molar-refractivity contribution in [1.29, 1.82) is 0 Å². The first-order valence-electron chi connectivity index (χ1n) is 10.7. The summed E-state index contributed by atoms with van der Waals surface area (Å²) >= 11 is 0. The second kappa shape index (κ2) is 8.20. The van der Waals surface area contributed by atoms with E-state index >= 15 is 0 Å². The topological polar surface area (TPSA) is 159 Å². The van der Waals surface area contributed by atoms with Crippen molar-refractivity contribution in [2.45, 2.75) is 82.3 Å². The molecule has 0 amide bonds. The van der Waals surface area contributed by atoms with Gasteiger partial charge in [0, 0.05) is 0 Å². The Morgan fingerprint density at radius 3 is 2.65 bits per heavy atom. The fraction of sp³-hybridized carbons (Fsp3) is 0.737. The van der Waals surface area contributed by atoms with Crippen LogP contribution in [0.25, 0.3) is 11.2 Å². The number of nitrogens with one attached hydrogen (secondary N) is 3. The molecule has 1 aliphatic carbocycles. The lowest BCUT2D eigenvalue weighted by Gasteiger charge is -2.21. The highest BCUT2D eigenvalue weighted by molar-refractivity contribution is 5.82. The molecule has 4 unspecified atom stereocenters. The van der Waals surface area contributed by atoms with E-state index < -0.39 is 36.9 Å². The van der Waals surface area contributed by atoms with Gasteiger partial charge in [0.25, 0.3) is 0 Å². The summed E-state index contributed by atoms with van der Waals surface area (Å²) in [6, 6.07) is -0.0882. The minimum absolute atomic E-state index is 0.0882. The number of rotatable bonds is 5. The second-order valence-electron chi connectivity index (χ2n) is 8.78. The van der Waals surface area contributed by atoms with Gasteiger partial charge in [0.1, 0.15) is 30.9 Å². The van der Waals surface area contributed by atoms with E-state index in [1.807, 2.05) is 13.8 Å². The number of aliphatic hydroxyl groups excluding tert-OH is 3. The Morgan fingerprint density at radius 1 is 1.10 bits per heavy atom. The molecule has 0 radical (unpaired) electrons. The van der Waals surface area contributed by atoms with E-state index in [2.05, 4.69) is 31.1 Å². The second-order valence-corrected chi connectivity index (χ2v) is 8.78. The van der Waals surface area contributed by atoms with Gasteiger partial charge in [-0.2, -0.15) is 0 Å². The maximum Gasteiger partial charge on any atom is 0.167 e. The Hall–Kier alpha value is -1.93. The van der Waals surface area contributed by atoms with Crippen molar-refractivity contribution in [3.63, 3.8) is 0 Å². The number of aromatic nitrogens is 4. The van der Waals surface area contributed by atoms with Crippen molar-refractivity contribution in [1.82, 2.24) is 30.4 Å². The third-order valence-electron chi connectivity index (χ3n) is 6.27. The molecule has 31 heavy (non-hydrogen) atoms. The highest BCUT2D eigenvalue weighted by atomic mass is 16.6. The summed E-state index contributed by atoms with van der Waals surface area (Å²) in [5.41, 5.74) is 6.98. The third-order valence-corrected chi connectivity index (χ3v) is 6.27. The molecule has 170 valence electrons. The first-order chi connectivity index (χ1) is 14.9. The molecule has 0 spiro atoms. The average Bonchev–Trinajstić information content (AvgIpc) is 3.52. The quantitative estimate of drug-likeness (QED) is 0.349. The molecule has 8 atom stereocenters. The lowest BCUT2D eigenvalue weighted by molar-refractivity contribution is -0.113. The minimum atomic E-state index is -1.20. The molecule has 2 aromatic rings. The molecular formula is C19H29N7O5. The van der Waals surface area contributed by atoms with Crippen LogP contribution in [0.15, 0.2) is 12.7 Å². The van der Waals surface area contributed by atoms with Crippen molar-refractivity contribution in [3.05, 3.63) is 12.7 Å². The maximum atomic E-state index is 10.7. The summed E-state index contributed by atoms with van der Waals surface area (Å²) in [6.07, 6.45) is 0.152. The van der Waals surface area contributed by atoms with Crippen LogP contribution in [0, 0.1) is 5.92 Å². The number of nitrogens with zero attached hydrogens (tertiary/aromatic N) is 4. The standard InChI is InChI=1S/C19H29N7O5/c1-8(2)17-24-25-18(31-17)14-12(28)13(29)19(30-14)26-7-22-11-15(20-6-21-16(11)26)23-9-4-3-5-10(9)27/h6-10,12-14,17-19,24-25,27-29H,3-5H2,1-2H3,(H,20,21,23)/t9?,10?,12-,13+,14-,17?,18?,19+/m0/s1. The van der Waals surface area contributed by atoms with Gasteiger partial charge in [-0.15, -0.1) is 0 Å². The molecule has 3 fully saturated rings. The molecule has 3 aliphatic rings. The van der Waals surface area contributed by atoms with Crippen molar-refractivity contribution in [2.24, 2.45) is 5.92 Å². The SMILES string of the molecule is CC(C)C1NNC([C@H]2O[C@@H](n3cnc4c(NC5CCCC5O)ncnc43)[C@H](O)[C@@H]2O)O1. The number of hydrazine groups is 1. The van der Waals surface area contributed by atoms with Crippen LogP contribution in [-0.2, 0) is 9.47 Å². The van der Waals surface area contributed by atoms with Gasteiger partial charge in [0.15, 0.2) is 29.4 Å². The summed E-state index contributed by atoms with van der Waals surface area (Å²) in [5, 5.41) is 34.7. The van der Waals surface area contributed by atoms with Gasteiger partial charge in [-0.05, 0) is 25.2 Å². The molecule has 2 aliphatic heterocycles. The summed E-state index contributed by atoms with van der Waals surface area (Å²) in [5.74, 6) is 0.736. The molecule has 5 rings (SSSR count). The highest BCUT2D eigenvalue weighted by Crippen LogP contribution is 2.35. The fourth-order valence-corrected chi connectivity index (χ4v) is 4.47.